The first-order valence-corrected chi connectivity index (χ1v) is 8.92. The highest BCUT2D eigenvalue weighted by Gasteiger charge is 2.24. The molecule has 0 aliphatic heterocycles. The first-order valence-electron chi connectivity index (χ1n) is 8.16. The zero-order valence-corrected chi connectivity index (χ0v) is 16.4. The number of esters is 2. The Morgan fingerprint density at radius 2 is 1.89 bits per heavy atom. The number of carbonyl (C=O) groups is 2. The van der Waals surface area contributed by atoms with Gasteiger partial charge in [-0.25, -0.2) is 14.6 Å². The molecule has 0 amide bonds. The van der Waals surface area contributed by atoms with Gasteiger partial charge in [-0.3, -0.25) is 0 Å². The maximum absolute atomic E-state index is 12.2. The molecule has 28 heavy (non-hydrogen) atoms. The minimum Gasteiger partial charge on any atom is -0.462 e. The number of ether oxygens (including phenoxy) is 2. The molecular formula is C18H15Cl2N3O5. The van der Waals surface area contributed by atoms with Crippen molar-refractivity contribution in [1.82, 2.24) is 9.97 Å². The fourth-order valence-corrected chi connectivity index (χ4v) is 2.83. The number of anilines is 1. The summed E-state index contributed by atoms with van der Waals surface area (Å²) in [6.07, 6.45) is 0. The van der Waals surface area contributed by atoms with Crippen LogP contribution in [0.2, 0.25) is 10.0 Å². The quantitative estimate of drug-likeness (QED) is 0.612. The van der Waals surface area contributed by atoms with Crippen LogP contribution in [0.3, 0.4) is 0 Å². The summed E-state index contributed by atoms with van der Waals surface area (Å²) in [5, 5.41) is 0.816. The van der Waals surface area contributed by atoms with Crippen molar-refractivity contribution >= 4 is 52.1 Å². The smallest absolute Gasteiger partial charge is 0.342 e. The van der Waals surface area contributed by atoms with Crippen molar-refractivity contribution in [3.63, 3.8) is 0 Å². The van der Waals surface area contributed by atoms with Gasteiger partial charge in [-0.1, -0.05) is 23.2 Å². The molecule has 8 nitrogen and oxygen atoms in total. The van der Waals surface area contributed by atoms with E-state index in [1.807, 2.05) is 0 Å². The van der Waals surface area contributed by atoms with E-state index in [-0.39, 0.29) is 52.1 Å². The van der Waals surface area contributed by atoms with Crippen molar-refractivity contribution in [2.75, 3.05) is 12.3 Å². The molecule has 0 bridgehead atoms. The van der Waals surface area contributed by atoms with Crippen LogP contribution in [0.4, 0.5) is 5.82 Å². The molecule has 146 valence electrons. The van der Waals surface area contributed by atoms with E-state index in [1.54, 1.807) is 13.8 Å². The fourth-order valence-electron chi connectivity index (χ4n) is 2.53. The Kier molecular flexibility index (Phi) is 5.71. The lowest BCUT2D eigenvalue weighted by atomic mass is 10.2. The van der Waals surface area contributed by atoms with Crippen molar-refractivity contribution in [1.29, 1.82) is 0 Å². The molecule has 0 saturated carbocycles. The van der Waals surface area contributed by atoms with Crippen molar-refractivity contribution in [2.24, 2.45) is 0 Å². The summed E-state index contributed by atoms with van der Waals surface area (Å²) in [6, 6.07) is 4.37. The Hall–Kier alpha value is -2.84. The Morgan fingerprint density at radius 3 is 2.57 bits per heavy atom. The maximum Gasteiger partial charge on any atom is 0.342 e. The summed E-state index contributed by atoms with van der Waals surface area (Å²) in [7, 11) is 0. The molecule has 3 aromatic rings. The normalized spacial score (nSPS) is 10.9. The number of hydrogen-bond acceptors (Lipinski definition) is 8. The van der Waals surface area contributed by atoms with Crippen LogP contribution >= 0.6 is 23.2 Å². The van der Waals surface area contributed by atoms with Gasteiger partial charge in [0.1, 0.15) is 17.1 Å². The van der Waals surface area contributed by atoms with Crippen LogP contribution in [0.25, 0.3) is 11.1 Å². The molecule has 3 rings (SSSR count). The predicted molar refractivity (Wildman–Crippen MR) is 102 cm³/mol. The number of nitrogen functional groups attached to an aromatic ring is 1. The molecule has 0 saturated heterocycles. The lowest BCUT2D eigenvalue weighted by Crippen LogP contribution is -2.10. The average Bonchev–Trinajstić information content (AvgIpc) is 2.98. The van der Waals surface area contributed by atoms with Gasteiger partial charge in [0.25, 0.3) is 0 Å². The van der Waals surface area contributed by atoms with E-state index >= 15 is 0 Å². The van der Waals surface area contributed by atoms with Crippen LogP contribution in [-0.2, 0) is 16.1 Å². The lowest BCUT2D eigenvalue weighted by molar-refractivity contribution is 0.0461. The molecule has 0 fully saturated rings. The van der Waals surface area contributed by atoms with E-state index in [9.17, 15) is 9.59 Å². The number of benzene rings is 1. The third-order valence-electron chi connectivity index (χ3n) is 3.77. The highest BCUT2D eigenvalue weighted by atomic mass is 35.5. The summed E-state index contributed by atoms with van der Waals surface area (Å²) in [6.45, 7) is 3.23. The average molecular weight is 424 g/mol. The number of fused-ring (bicyclic) bond motifs is 1. The van der Waals surface area contributed by atoms with Gasteiger partial charge < -0.3 is 19.6 Å². The van der Waals surface area contributed by atoms with E-state index in [1.165, 1.54) is 18.2 Å². The van der Waals surface area contributed by atoms with E-state index in [0.29, 0.717) is 10.8 Å². The molecule has 1 aromatic carbocycles. The van der Waals surface area contributed by atoms with Crippen LogP contribution in [0.15, 0.2) is 22.6 Å². The van der Waals surface area contributed by atoms with E-state index in [4.69, 9.17) is 42.8 Å². The SMILES string of the molecule is CCOC(=O)c1c(C)oc2nc(COC(=O)c3ccc(Cl)c(Cl)c3)nc(N)c12. The zero-order chi connectivity index (χ0) is 20.4. The molecule has 0 radical (unpaired) electrons. The molecule has 0 atom stereocenters. The van der Waals surface area contributed by atoms with Gasteiger partial charge >= 0.3 is 11.9 Å². The van der Waals surface area contributed by atoms with E-state index in [0.717, 1.165) is 0 Å². The second kappa shape index (κ2) is 8.04. The van der Waals surface area contributed by atoms with Gasteiger partial charge in [-0.05, 0) is 32.0 Å². The summed E-state index contributed by atoms with van der Waals surface area (Å²) < 4.78 is 15.7. The number of hydrogen-bond donors (Lipinski definition) is 1. The molecule has 2 N–H and O–H groups in total. The van der Waals surface area contributed by atoms with Crippen LogP contribution in [0.5, 0.6) is 0 Å². The summed E-state index contributed by atoms with van der Waals surface area (Å²) in [5.74, 6) is -0.774. The minimum atomic E-state index is -0.635. The van der Waals surface area contributed by atoms with Crippen LogP contribution in [0, 0.1) is 6.92 Å². The van der Waals surface area contributed by atoms with E-state index in [2.05, 4.69) is 9.97 Å². The van der Waals surface area contributed by atoms with Gasteiger partial charge in [-0.2, -0.15) is 4.98 Å². The van der Waals surface area contributed by atoms with Gasteiger partial charge in [0.05, 0.1) is 27.6 Å². The van der Waals surface area contributed by atoms with Crippen molar-refractivity contribution in [3.8, 4) is 0 Å². The summed E-state index contributed by atoms with van der Waals surface area (Å²) in [4.78, 5) is 32.5. The number of nitrogens with zero attached hydrogens (tertiary/aromatic N) is 2. The fraction of sp³-hybridized carbons (Fsp3) is 0.222. The topological polar surface area (TPSA) is 118 Å². The molecule has 0 aliphatic rings. The highest BCUT2D eigenvalue weighted by Crippen LogP contribution is 2.29. The van der Waals surface area contributed by atoms with Gasteiger partial charge in [0.15, 0.2) is 12.4 Å². The third kappa shape index (κ3) is 3.88. The number of nitrogens with two attached hydrogens (primary N) is 1. The Labute approximate surface area is 169 Å². The Bertz CT molecular complexity index is 1080. The molecule has 0 unspecified atom stereocenters. The van der Waals surface area contributed by atoms with Gasteiger partial charge in [-0.15, -0.1) is 0 Å². The number of carbonyl (C=O) groups excluding carboxylic acids is 2. The first kappa shape index (κ1) is 19.9. The van der Waals surface area contributed by atoms with Crippen LogP contribution in [-0.4, -0.2) is 28.5 Å². The molecule has 10 heteroatoms. The van der Waals surface area contributed by atoms with Gasteiger partial charge in [0, 0.05) is 0 Å². The van der Waals surface area contributed by atoms with Gasteiger partial charge in [0.2, 0.25) is 5.71 Å². The minimum absolute atomic E-state index is 0.0190. The second-order valence-electron chi connectivity index (χ2n) is 5.66. The Balaban J connectivity index is 1.83. The number of aryl methyl sites for hydroxylation is 1. The monoisotopic (exact) mass is 423 g/mol. The Morgan fingerprint density at radius 1 is 1.14 bits per heavy atom. The molecule has 0 aliphatic carbocycles. The number of aromatic nitrogens is 2. The van der Waals surface area contributed by atoms with E-state index < -0.39 is 11.9 Å². The van der Waals surface area contributed by atoms with Crippen molar-refractivity contribution in [2.45, 2.75) is 20.5 Å². The molecule has 2 heterocycles. The largest absolute Gasteiger partial charge is 0.462 e. The third-order valence-corrected chi connectivity index (χ3v) is 4.51. The summed E-state index contributed by atoms with van der Waals surface area (Å²) >= 11 is 11.7. The highest BCUT2D eigenvalue weighted by molar-refractivity contribution is 6.42. The second-order valence-corrected chi connectivity index (χ2v) is 6.48. The molecular weight excluding hydrogens is 409 g/mol. The van der Waals surface area contributed by atoms with Crippen molar-refractivity contribution < 1.29 is 23.5 Å². The van der Waals surface area contributed by atoms with Crippen LogP contribution < -0.4 is 5.73 Å². The maximum atomic E-state index is 12.2. The lowest BCUT2D eigenvalue weighted by Gasteiger charge is -2.06. The number of furan rings is 1. The zero-order valence-electron chi connectivity index (χ0n) is 14.9. The predicted octanol–water partition coefficient (Wildman–Crippen LogP) is 3.95. The number of halogens is 2. The summed E-state index contributed by atoms with van der Waals surface area (Å²) in [5.41, 5.74) is 6.47. The molecule has 2 aromatic heterocycles. The first-order chi connectivity index (χ1) is 13.3. The molecule has 0 spiro atoms. The van der Waals surface area contributed by atoms with Crippen LogP contribution in [0.1, 0.15) is 39.2 Å². The van der Waals surface area contributed by atoms with Crippen molar-refractivity contribution in [3.05, 3.63) is 51.0 Å². The number of rotatable bonds is 5. The standard InChI is InChI=1S/C18H15Cl2N3O5/c1-3-26-18(25)13-8(2)28-16-14(13)15(21)22-12(23-16)7-27-17(24)9-4-5-10(19)11(20)6-9/h4-6H,3,7H2,1-2H3,(H2,21,22,23).